The van der Waals surface area contributed by atoms with E-state index in [-0.39, 0.29) is 11.3 Å². The molecule has 2 rings (SSSR count). The van der Waals surface area contributed by atoms with Crippen LogP contribution in [0.4, 0.5) is 4.79 Å². The van der Waals surface area contributed by atoms with Crippen LogP contribution in [-0.4, -0.2) is 17.4 Å². The first-order chi connectivity index (χ1) is 9.63. The Hall–Kier alpha value is -1.16. The SMILES string of the molecule is CC(C)Oc1cccc(SC(=O)NC2CCCCC2)c1. The first-order valence-electron chi connectivity index (χ1n) is 7.38. The summed E-state index contributed by atoms with van der Waals surface area (Å²) in [7, 11) is 0. The molecule has 1 aromatic carbocycles. The van der Waals surface area contributed by atoms with Crippen LogP contribution in [0.15, 0.2) is 29.2 Å². The van der Waals surface area contributed by atoms with Crippen LogP contribution in [0.5, 0.6) is 5.75 Å². The summed E-state index contributed by atoms with van der Waals surface area (Å²) in [5, 5.41) is 3.15. The third-order valence-corrected chi connectivity index (χ3v) is 4.11. The molecule has 4 heteroatoms. The van der Waals surface area contributed by atoms with Crippen LogP contribution in [0.3, 0.4) is 0 Å². The highest BCUT2D eigenvalue weighted by Gasteiger charge is 2.16. The average Bonchev–Trinajstić information content (AvgIpc) is 2.39. The van der Waals surface area contributed by atoms with Crippen molar-refractivity contribution in [2.75, 3.05) is 0 Å². The molecule has 20 heavy (non-hydrogen) atoms. The molecule has 0 bridgehead atoms. The normalized spacial score (nSPS) is 16.1. The highest BCUT2D eigenvalue weighted by Crippen LogP contribution is 2.25. The Labute approximate surface area is 125 Å². The van der Waals surface area contributed by atoms with Gasteiger partial charge in [-0.2, -0.15) is 0 Å². The van der Waals surface area contributed by atoms with Gasteiger partial charge in [0.05, 0.1) is 6.10 Å². The second kappa shape index (κ2) is 7.58. The lowest BCUT2D eigenvalue weighted by Gasteiger charge is -2.22. The summed E-state index contributed by atoms with van der Waals surface area (Å²) in [4.78, 5) is 13.0. The minimum atomic E-state index is 0.0404. The maximum absolute atomic E-state index is 12.0. The molecule has 0 aliphatic heterocycles. The molecule has 0 spiro atoms. The summed E-state index contributed by atoms with van der Waals surface area (Å²) in [6, 6.07) is 8.07. The van der Waals surface area contributed by atoms with Crippen molar-refractivity contribution in [1.82, 2.24) is 5.32 Å². The maximum Gasteiger partial charge on any atom is 0.284 e. The fourth-order valence-corrected chi connectivity index (χ4v) is 3.19. The van der Waals surface area contributed by atoms with E-state index in [1.165, 1.54) is 31.0 Å². The van der Waals surface area contributed by atoms with Gasteiger partial charge in [-0.1, -0.05) is 25.3 Å². The number of amides is 1. The van der Waals surface area contributed by atoms with Crippen LogP contribution in [-0.2, 0) is 0 Å². The number of ether oxygens (including phenoxy) is 1. The molecule has 110 valence electrons. The Balaban J connectivity index is 1.86. The Morgan fingerprint density at radius 2 is 2.05 bits per heavy atom. The van der Waals surface area contributed by atoms with Crippen molar-refractivity contribution in [2.45, 2.75) is 63.0 Å². The van der Waals surface area contributed by atoms with Gasteiger partial charge in [-0.25, -0.2) is 0 Å². The van der Waals surface area contributed by atoms with E-state index in [2.05, 4.69) is 5.32 Å². The van der Waals surface area contributed by atoms with Crippen molar-refractivity contribution < 1.29 is 9.53 Å². The maximum atomic E-state index is 12.0. The van der Waals surface area contributed by atoms with Crippen LogP contribution >= 0.6 is 11.8 Å². The molecule has 1 aliphatic carbocycles. The number of carbonyl (C=O) groups is 1. The van der Waals surface area contributed by atoms with Gasteiger partial charge in [0.25, 0.3) is 5.24 Å². The summed E-state index contributed by atoms with van der Waals surface area (Å²) >= 11 is 1.25. The summed E-state index contributed by atoms with van der Waals surface area (Å²) < 4.78 is 5.64. The van der Waals surface area contributed by atoms with Crippen molar-refractivity contribution in [2.24, 2.45) is 0 Å². The van der Waals surface area contributed by atoms with Crippen molar-refractivity contribution >= 4 is 17.0 Å². The lowest BCUT2D eigenvalue weighted by Crippen LogP contribution is -2.33. The molecule has 3 nitrogen and oxygen atoms in total. The van der Waals surface area contributed by atoms with E-state index in [4.69, 9.17) is 4.74 Å². The van der Waals surface area contributed by atoms with Gasteiger partial charge in [-0.15, -0.1) is 0 Å². The average molecular weight is 293 g/mol. The van der Waals surface area contributed by atoms with E-state index in [1.54, 1.807) is 0 Å². The molecule has 0 unspecified atom stereocenters. The first-order valence-corrected chi connectivity index (χ1v) is 8.20. The third kappa shape index (κ3) is 5.08. The quantitative estimate of drug-likeness (QED) is 0.824. The zero-order valence-corrected chi connectivity index (χ0v) is 13.0. The Morgan fingerprint density at radius 1 is 1.30 bits per heavy atom. The van der Waals surface area contributed by atoms with Crippen LogP contribution in [0, 0.1) is 0 Å². The molecule has 0 heterocycles. The predicted molar refractivity (Wildman–Crippen MR) is 83.5 cm³/mol. The number of rotatable bonds is 4. The highest BCUT2D eigenvalue weighted by atomic mass is 32.2. The lowest BCUT2D eigenvalue weighted by atomic mass is 9.96. The molecule has 0 radical (unpaired) electrons. The van der Waals surface area contributed by atoms with E-state index in [0.29, 0.717) is 6.04 Å². The molecule has 0 saturated heterocycles. The Kier molecular flexibility index (Phi) is 5.77. The van der Waals surface area contributed by atoms with E-state index in [0.717, 1.165) is 23.5 Å². The second-order valence-electron chi connectivity index (χ2n) is 5.51. The second-order valence-corrected chi connectivity index (χ2v) is 6.56. The minimum absolute atomic E-state index is 0.0404. The molecule has 1 amide bonds. The van der Waals surface area contributed by atoms with E-state index in [1.807, 2.05) is 38.1 Å². The molecule has 1 aromatic rings. The number of benzene rings is 1. The number of thioether (sulfide) groups is 1. The first kappa shape index (κ1) is 15.2. The smallest absolute Gasteiger partial charge is 0.284 e. The molecule has 1 aliphatic rings. The van der Waals surface area contributed by atoms with Crippen LogP contribution in [0.25, 0.3) is 0 Å². The van der Waals surface area contributed by atoms with E-state index in [9.17, 15) is 4.79 Å². The highest BCUT2D eigenvalue weighted by molar-refractivity contribution is 8.13. The van der Waals surface area contributed by atoms with Gasteiger partial charge in [0, 0.05) is 10.9 Å². The molecule has 0 atom stereocenters. The van der Waals surface area contributed by atoms with Gasteiger partial charge < -0.3 is 10.1 Å². The van der Waals surface area contributed by atoms with Crippen molar-refractivity contribution in [3.8, 4) is 5.75 Å². The predicted octanol–water partition coefficient (Wildman–Crippen LogP) is 4.61. The summed E-state index contributed by atoms with van der Waals surface area (Å²) in [6.07, 6.45) is 6.13. The van der Waals surface area contributed by atoms with Gasteiger partial charge in [0.15, 0.2) is 0 Å². The zero-order valence-electron chi connectivity index (χ0n) is 12.2. The zero-order chi connectivity index (χ0) is 14.4. The number of hydrogen-bond donors (Lipinski definition) is 1. The van der Waals surface area contributed by atoms with Crippen molar-refractivity contribution in [3.63, 3.8) is 0 Å². The number of hydrogen-bond acceptors (Lipinski definition) is 3. The molecular formula is C16H23NO2S. The van der Waals surface area contributed by atoms with Crippen molar-refractivity contribution in [3.05, 3.63) is 24.3 Å². The standard InChI is InChI=1S/C16H23NO2S/c1-12(2)19-14-9-6-10-15(11-14)20-16(18)17-13-7-4-3-5-8-13/h6,9-13H,3-5,7-8H2,1-2H3,(H,17,18). The summed E-state index contributed by atoms with van der Waals surface area (Å²) in [6.45, 7) is 3.99. The van der Waals surface area contributed by atoms with Gasteiger partial charge in [-0.05, 0) is 56.7 Å². The van der Waals surface area contributed by atoms with Crippen molar-refractivity contribution in [1.29, 1.82) is 0 Å². The van der Waals surface area contributed by atoms with Crippen LogP contribution in [0.2, 0.25) is 0 Å². The lowest BCUT2D eigenvalue weighted by molar-refractivity contribution is 0.242. The van der Waals surface area contributed by atoms with Gasteiger partial charge in [0.1, 0.15) is 5.75 Å². The molecule has 1 fully saturated rings. The summed E-state index contributed by atoms with van der Waals surface area (Å²) in [5.74, 6) is 0.815. The van der Waals surface area contributed by atoms with E-state index >= 15 is 0 Å². The van der Waals surface area contributed by atoms with Crippen LogP contribution < -0.4 is 10.1 Å². The molecule has 1 N–H and O–H groups in total. The van der Waals surface area contributed by atoms with Gasteiger partial charge in [0.2, 0.25) is 0 Å². The molecule has 0 aromatic heterocycles. The largest absolute Gasteiger partial charge is 0.491 e. The summed E-state index contributed by atoms with van der Waals surface area (Å²) in [5.41, 5.74) is 0. The number of carbonyl (C=O) groups excluding carboxylic acids is 1. The fraction of sp³-hybridized carbons (Fsp3) is 0.562. The van der Waals surface area contributed by atoms with Gasteiger partial charge in [-0.3, -0.25) is 4.79 Å². The van der Waals surface area contributed by atoms with Crippen LogP contribution in [0.1, 0.15) is 46.0 Å². The third-order valence-electron chi connectivity index (χ3n) is 3.31. The number of nitrogens with one attached hydrogen (secondary N) is 1. The molecular weight excluding hydrogens is 270 g/mol. The monoisotopic (exact) mass is 293 g/mol. The topological polar surface area (TPSA) is 38.3 Å². The minimum Gasteiger partial charge on any atom is -0.491 e. The molecule has 1 saturated carbocycles. The fourth-order valence-electron chi connectivity index (χ4n) is 2.43. The van der Waals surface area contributed by atoms with E-state index < -0.39 is 0 Å². The Bertz CT molecular complexity index is 442. The Morgan fingerprint density at radius 3 is 2.75 bits per heavy atom. The van der Waals surface area contributed by atoms with Gasteiger partial charge >= 0.3 is 0 Å².